The van der Waals surface area contributed by atoms with E-state index in [2.05, 4.69) is 30.7 Å². The van der Waals surface area contributed by atoms with E-state index in [-0.39, 0.29) is 5.97 Å². The van der Waals surface area contributed by atoms with E-state index in [1.807, 2.05) is 60.9 Å². The molecule has 0 saturated heterocycles. The first-order valence-corrected chi connectivity index (χ1v) is 17.5. The number of esters is 1. The molecule has 0 spiro atoms. The van der Waals surface area contributed by atoms with Crippen molar-refractivity contribution >= 4 is 5.97 Å². The number of benzene rings is 2. The minimum atomic E-state index is -0.162. The highest BCUT2D eigenvalue weighted by Crippen LogP contribution is 2.25. The van der Waals surface area contributed by atoms with E-state index in [4.69, 9.17) is 9.47 Å². The van der Waals surface area contributed by atoms with Gasteiger partial charge in [0.25, 0.3) is 0 Å². The zero-order chi connectivity index (χ0) is 31.2. The van der Waals surface area contributed by atoms with Crippen molar-refractivity contribution in [3.63, 3.8) is 0 Å². The highest BCUT2D eigenvalue weighted by Gasteiger charge is 2.08. The van der Waals surface area contributed by atoms with Crippen LogP contribution in [0.4, 0.5) is 0 Å². The molecule has 5 nitrogen and oxygen atoms in total. The van der Waals surface area contributed by atoms with Crippen molar-refractivity contribution < 1.29 is 14.3 Å². The van der Waals surface area contributed by atoms with Crippen LogP contribution >= 0.6 is 0 Å². The van der Waals surface area contributed by atoms with Gasteiger partial charge < -0.3 is 9.47 Å². The summed E-state index contributed by atoms with van der Waals surface area (Å²) in [6, 6.07) is 15.6. The summed E-state index contributed by atoms with van der Waals surface area (Å²) in [7, 11) is 0. The van der Waals surface area contributed by atoms with Gasteiger partial charge in [-0.3, -0.25) is 4.79 Å². The molecule has 0 aliphatic rings. The predicted molar refractivity (Wildman–Crippen MR) is 183 cm³/mol. The van der Waals surface area contributed by atoms with Crippen LogP contribution in [0.15, 0.2) is 60.9 Å². The summed E-state index contributed by atoms with van der Waals surface area (Å²) in [6.07, 6.45) is 24.2. The highest BCUT2D eigenvalue weighted by atomic mass is 16.5. The van der Waals surface area contributed by atoms with Crippen LogP contribution in [-0.2, 0) is 4.79 Å². The van der Waals surface area contributed by atoms with Crippen molar-refractivity contribution in [3.05, 3.63) is 60.9 Å². The molecule has 1 heterocycles. The molecule has 1 unspecified atom stereocenters. The molecule has 1 aromatic heterocycles. The van der Waals surface area contributed by atoms with Gasteiger partial charge in [-0.1, -0.05) is 123 Å². The van der Waals surface area contributed by atoms with Crippen molar-refractivity contribution in [1.82, 2.24) is 9.97 Å². The van der Waals surface area contributed by atoms with Crippen LogP contribution in [0.5, 0.6) is 11.5 Å². The Hall–Kier alpha value is -3.21. The fourth-order valence-electron chi connectivity index (χ4n) is 5.32. The number of hydrogen-bond donors (Lipinski definition) is 0. The molecule has 0 aliphatic heterocycles. The standard InChI is InChI=1S/C39H56N2O3/c1-4-6-7-8-9-10-11-15-18-29-43-36-25-23-34(24-26-36)39-40-30-35(31-41-39)33-21-27-37(28-22-33)44-38(42)20-17-14-12-13-16-19-32(3)5-2/h21-28,30-32H,4-20,29H2,1-3H3. The Kier molecular flexibility index (Phi) is 17.2. The second-order valence-electron chi connectivity index (χ2n) is 12.3. The molecule has 0 N–H and O–H groups in total. The highest BCUT2D eigenvalue weighted by molar-refractivity contribution is 5.73. The molecule has 3 rings (SSSR count). The maximum absolute atomic E-state index is 12.3. The molecule has 5 heteroatoms. The van der Waals surface area contributed by atoms with E-state index in [9.17, 15) is 4.79 Å². The lowest BCUT2D eigenvalue weighted by molar-refractivity contribution is -0.134. The summed E-state index contributed by atoms with van der Waals surface area (Å²) in [4.78, 5) is 21.4. The maximum atomic E-state index is 12.3. The Balaban J connectivity index is 1.33. The average molecular weight is 601 g/mol. The molecule has 240 valence electrons. The topological polar surface area (TPSA) is 61.3 Å². The van der Waals surface area contributed by atoms with Crippen molar-refractivity contribution in [3.8, 4) is 34.0 Å². The van der Waals surface area contributed by atoms with Gasteiger partial charge in [0.1, 0.15) is 11.5 Å². The molecule has 44 heavy (non-hydrogen) atoms. The minimum absolute atomic E-state index is 0.162. The largest absolute Gasteiger partial charge is 0.494 e. The van der Waals surface area contributed by atoms with Crippen molar-refractivity contribution in [2.75, 3.05) is 6.61 Å². The number of unbranched alkanes of at least 4 members (excludes halogenated alkanes) is 12. The lowest BCUT2D eigenvalue weighted by Gasteiger charge is -2.08. The van der Waals surface area contributed by atoms with Gasteiger partial charge in [0.05, 0.1) is 6.61 Å². The van der Waals surface area contributed by atoms with E-state index in [1.165, 1.54) is 83.5 Å². The molecule has 0 bridgehead atoms. The summed E-state index contributed by atoms with van der Waals surface area (Å²) in [6.45, 7) is 7.60. The fourth-order valence-corrected chi connectivity index (χ4v) is 5.32. The molecule has 3 aromatic rings. The van der Waals surface area contributed by atoms with Gasteiger partial charge in [-0.05, 0) is 60.7 Å². The third-order valence-corrected chi connectivity index (χ3v) is 8.48. The first-order chi connectivity index (χ1) is 21.6. The summed E-state index contributed by atoms with van der Waals surface area (Å²) in [5, 5.41) is 0. The van der Waals surface area contributed by atoms with Crippen LogP contribution in [-0.4, -0.2) is 22.5 Å². The third-order valence-electron chi connectivity index (χ3n) is 8.48. The Morgan fingerprint density at radius 3 is 1.82 bits per heavy atom. The minimum Gasteiger partial charge on any atom is -0.494 e. The molecule has 0 aliphatic carbocycles. The zero-order valence-electron chi connectivity index (χ0n) is 27.7. The lowest BCUT2D eigenvalue weighted by Crippen LogP contribution is -2.07. The second kappa shape index (κ2) is 21.5. The summed E-state index contributed by atoms with van der Waals surface area (Å²) >= 11 is 0. The predicted octanol–water partition coefficient (Wildman–Crippen LogP) is 11.4. The molecular weight excluding hydrogens is 544 g/mol. The molecule has 0 radical (unpaired) electrons. The zero-order valence-corrected chi connectivity index (χ0v) is 27.7. The molecule has 0 fully saturated rings. The molecule has 1 atom stereocenters. The van der Waals surface area contributed by atoms with Gasteiger partial charge in [-0.15, -0.1) is 0 Å². The van der Waals surface area contributed by atoms with E-state index < -0.39 is 0 Å². The second-order valence-corrected chi connectivity index (χ2v) is 12.3. The van der Waals surface area contributed by atoms with E-state index in [1.54, 1.807) is 0 Å². The molecule has 2 aromatic carbocycles. The van der Waals surface area contributed by atoms with Gasteiger partial charge in [0, 0.05) is 29.9 Å². The first kappa shape index (κ1) is 35.3. The molecular formula is C39H56N2O3. The monoisotopic (exact) mass is 600 g/mol. The van der Waals surface area contributed by atoms with Crippen molar-refractivity contribution in [2.45, 2.75) is 130 Å². The SMILES string of the molecule is CCCCCCCCCCCOc1ccc(-c2ncc(-c3ccc(OC(=O)CCCCCCCC(C)CC)cc3)cn2)cc1. The van der Waals surface area contributed by atoms with Gasteiger partial charge >= 0.3 is 5.97 Å². The van der Waals surface area contributed by atoms with Crippen LogP contribution in [0, 0.1) is 5.92 Å². The third kappa shape index (κ3) is 14.1. The number of carbonyl (C=O) groups is 1. The van der Waals surface area contributed by atoms with Crippen LogP contribution in [0.2, 0.25) is 0 Å². The van der Waals surface area contributed by atoms with Crippen molar-refractivity contribution in [2.24, 2.45) is 5.92 Å². The normalized spacial score (nSPS) is 11.8. The average Bonchev–Trinajstić information content (AvgIpc) is 3.06. The molecule has 0 saturated carbocycles. The lowest BCUT2D eigenvalue weighted by atomic mass is 10.00. The Morgan fingerprint density at radius 1 is 0.636 bits per heavy atom. The van der Waals surface area contributed by atoms with Crippen LogP contribution in [0.3, 0.4) is 0 Å². The van der Waals surface area contributed by atoms with Crippen LogP contribution in [0.25, 0.3) is 22.5 Å². The summed E-state index contributed by atoms with van der Waals surface area (Å²) < 4.78 is 11.5. The van der Waals surface area contributed by atoms with Gasteiger partial charge in [0.2, 0.25) is 0 Å². The number of aromatic nitrogens is 2. The number of carbonyl (C=O) groups excluding carboxylic acids is 1. The molecule has 0 amide bonds. The number of nitrogens with zero attached hydrogens (tertiary/aromatic N) is 2. The quantitative estimate of drug-likeness (QED) is 0.0615. The Morgan fingerprint density at radius 2 is 1.18 bits per heavy atom. The van der Waals surface area contributed by atoms with Crippen LogP contribution < -0.4 is 9.47 Å². The van der Waals surface area contributed by atoms with E-state index >= 15 is 0 Å². The summed E-state index contributed by atoms with van der Waals surface area (Å²) in [5.41, 5.74) is 2.86. The Bertz CT molecular complexity index is 1160. The van der Waals surface area contributed by atoms with Crippen molar-refractivity contribution in [1.29, 1.82) is 0 Å². The smallest absolute Gasteiger partial charge is 0.311 e. The van der Waals surface area contributed by atoms with Gasteiger partial charge in [-0.25, -0.2) is 9.97 Å². The number of rotatable bonds is 23. The van der Waals surface area contributed by atoms with Gasteiger partial charge in [0.15, 0.2) is 5.82 Å². The maximum Gasteiger partial charge on any atom is 0.311 e. The summed E-state index contributed by atoms with van der Waals surface area (Å²) in [5.74, 6) is 2.80. The first-order valence-electron chi connectivity index (χ1n) is 17.5. The van der Waals surface area contributed by atoms with E-state index in [0.717, 1.165) is 54.2 Å². The fraction of sp³-hybridized carbons (Fsp3) is 0.564. The number of hydrogen-bond acceptors (Lipinski definition) is 5. The van der Waals surface area contributed by atoms with Gasteiger partial charge in [-0.2, -0.15) is 0 Å². The van der Waals surface area contributed by atoms with Crippen LogP contribution in [0.1, 0.15) is 130 Å². The number of ether oxygens (including phenoxy) is 2. The Labute approximate surface area is 267 Å². The van der Waals surface area contributed by atoms with E-state index in [0.29, 0.717) is 18.0 Å².